The molecule has 0 spiro atoms. The number of benzene rings is 1. The first-order chi connectivity index (χ1) is 12.7. The third-order valence-corrected chi connectivity index (χ3v) is 5.87. The van der Waals surface area contributed by atoms with Crippen LogP contribution in [0.3, 0.4) is 0 Å². The summed E-state index contributed by atoms with van der Waals surface area (Å²) in [5.41, 5.74) is 5.23. The van der Waals surface area contributed by atoms with Crippen molar-refractivity contribution in [1.82, 2.24) is 14.7 Å². The Labute approximate surface area is 158 Å². The summed E-state index contributed by atoms with van der Waals surface area (Å²) >= 11 is 1.69. The molecule has 0 N–H and O–H groups in total. The van der Waals surface area contributed by atoms with Crippen LogP contribution in [-0.2, 0) is 19.4 Å². The Bertz CT molecular complexity index is 910. The largest absolute Gasteiger partial charge is 0.332 e. The Morgan fingerprint density at radius 3 is 2.73 bits per heavy atom. The number of carbonyl (C=O) groups is 1. The summed E-state index contributed by atoms with van der Waals surface area (Å²) in [5, 5.41) is 6.81. The van der Waals surface area contributed by atoms with Crippen LogP contribution in [0.4, 0.5) is 0 Å². The van der Waals surface area contributed by atoms with Crippen molar-refractivity contribution < 1.29 is 4.79 Å². The van der Waals surface area contributed by atoms with Crippen molar-refractivity contribution in [3.05, 3.63) is 69.2 Å². The molecule has 134 valence electrons. The van der Waals surface area contributed by atoms with Crippen LogP contribution in [0, 0.1) is 6.92 Å². The van der Waals surface area contributed by atoms with Gasteiger partial charge in [-0.25, -0.2) is 4.68 Å². The minimum absolute atomic E-state index is 0.0462. The van der Waals surface area contributed by atoms with E-state index >= 15 is 0 Å². The molecular formula is C21H23N3OS. The van der Waals surface area contributed by atoms with Crippen LogP contribution in [0.1, 0.15) is 45.5 Å². The van der Waals surface area contributed by atoms with Crippen molar-refractivity contribution >= 4 is 17.2 Å². The second kappa shape index (κ2) is 7.08. The molecule has 1 aliphatic rings. The van der Waals surface area contributed by atoms with Gasteiger partial charge in [-0.05, 0) is 56.7 Å². The molecule has 26 heavy (non-hydrogen) atoms. The predicted octanol–water partition coefficient (Wildman–Crippen LogP) is 4.39. The van der Waals surface area contributed by atoms with Gasteiger partial charge >= 0.3 is 0 Å². The van der Waals surface area contributed by atoms with Crippen LogP contribution in [0.25, 0.3) is 5.69 Å². The van der Waals surface area contributed by atoms with Crippen molar-refractivity contribution in [2.45, 2.75) is 39.7 Å². The van der Waals surface area contributed by atoms with Crippen molar-refractivity contribution in [2.75, 3.05) is 6.54 Å². The molecular weight excluding hydrogens is 342 g/mol. The molecule has 1 aliphatic carbocycles. The van der Waals surface area contributed by atoms with Gasteiger partial charge in [0.1, 0.15) is 0 Å². The summed E-state index contributed by atoms with van der Waals surface area (Å²) in [5.74, 6) is 0.0462. The SMILES string of the molecule is CCN(Cc1cccs1)C(=O)c1nn(-c2ccc(C)cc2)c2c1CCC2. The van der Waals surface area contributed by atoms with Gasteiger partial charge in [0.25, 0.3) is 5.91 Å². The third kappa shape index (κ3) is 3.07. The zero-order chi connectivity index (χ0) is 18.1. The molecule has 0 aliphatic heterocycles. The molecule has 1 aromatic carbocycles. The maximum absolute atomic E-state index is 13.2. The third-order valence-electron chi connectivity index (χ3n) is 5.01. The van der Waals surface area contributed by atoms with Crippen LogP contribution < -0.4 is 0 Å². The van der Waals surface area contributed by atoms with E-state index < -0.39 is 0 Å². The van der Waals surface area contributed by atoms with Crippen LogP contribution in [0.2, 0.25) is 0 Å². The molecule has 0 unspecified atom stereocenters. The fourth-order valence-electron chi connectivity index (χ4n) is 3.58. The van der Waals surface area contributed by atoms with Crippen molar-refractivity contribution in [3.8, 4) is 5.69 Å². The summed E-state index contributed by atoms with van der Waals surface area (Å²) < 4.78 is 1.98. The number of rotatable bonds is 5. The number of hydrogen-bond donors (Lipinski definition) is 0. The van der Waals surface area contributed by atoms with Gasteiger partial charge in [0, 0.05) is 22.7 Å². The lowest BCUT2D eigenvalue weighted by Gasteiger charge is -2.19. The Balaban J connectivity index is 1.69. The van der Waals surface area contributed by atoms with E-state index in [1.807, 2.05) is 22.6 Å². The second-order valence-electron chi connectivity index (χ2n) is 6.77. The summed E-state index contributed by atoms with van der Waals surface area (Å²) in [6.45, 7) is 5.45. The maximum Gasteiger partial charge on any atom is 0.274 e. The molecule has 2 heterocycles. The molecule has 0 atom stereocenters. The van der Waals surface area contributed by atoms with E-state index in [1.54, 1.807) is 11.3 Å². The molecule has 2 aromatic heterocycles. The smallest absolute Gasteiger partial charge is 0.274 e. The standard InChI is InChI=1S/C21H23N3OS/c1-3-23(14-17-6-5-13-26-17)21(25)20-18-7-4-8-19(18)24(22-20)16-11-9-15(2)10-12-16/h5-6,9-13H,3-4,7-8,14H2,1-2H3. The molecule has 4 nitrogen and oxygen atoms in total. The Hall–Kier alpha value is -2.40. The van der Waals surface area contributed by atoms with Crippen LogP contribution in [0.15, 0.2) is 41.8 Å². The van der Waals surface area contributed by atoms with E-state index in [0.29, 0.717) is 18.8 Å². The van der Waals surface area contributed by atoms with E-state index in [2.05, 4.69) is 42.6 Å². The van der Waals surface area contributed by atoms with Crippen LogP contribution >= 0.6 is 11.3 Å². The topological polar surface area (TPSA) is 38.1 Å². The highest BCUT2D eigenvalue weighted by atomic mass is 32.1. The van der Waals surface area contributed by atoms with Crippen LogP contribution in [-0.4, -0.2) is 27.1 Å². The van der Waals surface area contributed by atoms with Gasteiger partial charge in [0.15, 0.2) is 5.69 Å². The van der Waals surface area contributed by atoms with Crippen molar-refractivity contribution in [1.29, 1.82) is 0 Å². The van der Waals surface area contributed by atoms with E-state index in [-0.39, 0.29) is 5.91 Å². The van der Waals surface area contributed by atoms with E-state index in [1.165, 1.54) is 16.1 Å². The number of aryl methyl sites for hydroxylation is 1. The highest BCUT2D eigenvalue weighted by Gasteiger charge is 2.29. The highest BCUT2D eigenvalue weighted by Crippen LogP contribution is 2.29. The lowest BCUT2D eigenvalue weighted by molar-refractivity contribution is 0.0746. The average Bonchev–Trinajstić information content (AvgIpc) is 3.37. The van der Waals surface area contributed by atoms with Crippen LogP contribution in [0.5, 0.6) is 0 Å². The lowest BCUT2D eigenvalue weighted by atomic mass is 10.1. The zero-order valence-electron chi connectivity index (χ0n) is 15.2. The monoisotopic (exact) mass is 365 g/mol. The van der Waals surface area contributed by atoms with Gasteiger partial charge in [-0.2, -0.15) is 5.10 Å². The average molecular weight is 366 g/mol. The van der Waals surface area contributed by atoms with E-state index in [0.717, 1.165) is 30.5 Å². The minimum atomic E-state index is 0.0462. The minimum Gasteiger partial charge on any atom is -0.332 e. The van der Waals surface area contributed by atoms with Gasteiger partial charge in [0.05, 0.1) is 12.2 Å². The Kier molecular flexibility index (Phi) is 4.64. The first-order valence-electron chi connectivity index (χ1n) is 9.17. The molecule has 0 saturated carbocycles. The summed E-state index contributed by atoms with van der Waals surface area (Å²) in [7, 11) is 0. The lowest BCUT2D eigenvalue weighted by Crippen LogP contribution is -2.31. The molecule has 0 bridgehead atoms. The zero-order valence-corrected chi connectivity index (χ0v) is 16.1. The van der Waals surface area contributed by atoms with Gasteiger partial charge < -0.3 is 4.90 Å². The number of nitrogens with zero attached hydrogens (tertiary/aromatic N) is 3. The second-order valence-corrected chi connectivity index (χ2v) is 7.81. The summed E-state index contributed by atoms with van der Waals surface area (Å²) in [4.78, 5) is 16.3. The van der Waals surface area contributed by atoms with Crippen molar-refractivity contribution in [3.63, 3.8) is 0 Å². The first kappa shape index (κ1) is 17.0. The fourth-order valence-corrected chi connectivity index (χ4v) is 4.30. The van der Waals surface area contributed by atoms with Crippen molar-refractivity contribution in [2.24, 2.45) is 0 Å². The summed E-state index contributed by atoms with van der Waals surface area (Å²) in [6.07, 6.45) is 3.02. The molecule has 4 rings (SSSR count). The van der Waals surface area contributed by atoms with Gasteiger partial charge in [0.2, 0.25) is 0 Å². The highest BCUT2D eigenvalue weighted by molar-refractivity contribution is 7.09. The number of fused-ring (bicyclic) bond motifs is 1. The van der Waals surface area contributed by atoms with E-state index in [4.69, 9.17) is 5.10 Å². The number of amides is 1. The van der Waals surface area contributed by atoms with Gasteiger partial charge in [-0.3, -0.25) is 4.79 Å². The number of hydrogen-bond acceptors (Lipinski definition) is 3. The molecule has 5 heteroatoms. The Morgan fingerprint density at radius 1 is 1.23 bits per heavy atom. The first-order valence-corrected chi connectivity index (χ1v) is 10.0. The predicted molar refractivity (Wildman–Crippen MR) is 105 cm³/mol. The molecule has 0 radical (unpaired) electrons. The number of aromatic nitrogens is 2. The van der Waals surface area contributed by atoms with E-state index in [9.17, 15) is 4.79 Å². The number of thiophene rings is 1. The van der Waals surface area contributed by atoms with Gasteiger partial charge in [-0.1, -0.05) is 23.8 Å². The molecule has 1 amide bonds. The fraction of sp³-hybridized carbons (Fsp3) is 0.333. The number of carbonyl (C=O) groups excluding carboxylic acids is 1. The normalized spacial score (nSPS) is 13.0. The Morgan fingerprint density at radius 2 is 2.04 bits per heavy atom. The summed E-state index contributed by atoms with van der Waals surface area (Å²) in [6, 6.07) is 12.5. The quantitative estimate of drug-likeness (QED) is 0.672. The maximum atomic E-state index is 13.2. The molecule has 0 saturated heterocycles. The molecule has 3 aromatic rings. The van der Waals surface area contributed by atoms with Gasteiger partial charge in [-0.15, -0.1) is 11.3 Å². The molecule has 0 fully saturated rings.